The van der Waals surface area contributed by atoms with Crippen LogP contribution in [0.3, 0.4) is 0 Å². The lowest BCUT2D eigenvalue weighted by molar-refractivity contribution is -0.116. The van der Waals surface area contributed by atoms with Gasteiger partial charge in [0, 0.05) is 12.1 Å². The van der Waals surface area contributed by atoms with Gasteiger partial charge < -0.3 is 20.5 Å². The number of hydrogen-bond acceptors (Lipinski definition) is 4. The molecular formula is C18H23ClN2O3. The maximum Gasteiger partial charge on any atom is 0.224 e. The van der Waals surface area contributed by atoms with E-state index in [2.05, 4.69) is 5.32 Å². The van der Waals surface area contributed by atoms with Gasteiger partial charge in [0.1, 0.15) is 11.5 Å². The number of methoxy groups -OCH3 is 1. The highest BCUT2D eigenvalue weighted by Crippen LogP contribution is 2.24. The predicted molar refractivity (Wildman–Crippen MR) is 99.2 cm³/mol. The Hall–Kier alpha value is -2.40. The summed E-state index contributed by atoms with van der Waals surface area (Å²) in [6.45, 7) is 2.52. The summed E-state index contributed by atoms with van der Waals surface area (Å²) in [5.74, 6) is 1.35. The first-order chi connectivity index (χ1) is 11.1. The Bertz CT molecular complexity index is 677. The minimum atomic E-state index is -0.0672. The third-order valence-electron chi connectivity index (χ3n) is 3.32. The maximum atomic E-state index is 11.9. The number of anilines is 2. The van der Waals surface area contributed by atoms with Crippen LogP contribution in [0.4, 0.5) is 11.4 Å². The number of amides is 1. The van der Waals surface area contributed by atoms with Gasteiger partial charge in [-0.15, -0.1) is 12.4 Å². The van der Waals surface area contributed by atoms with Gasteiger partial charge in [-0.1, -0.05) is 12.1 Å². The van der Waals surface area contributed by atoms with E-state index in [4.69, 9.17) is 15.2 Å². The van der Waals surface area contributed by atoms with Crippen LogP contribution < -0.4 is 20.5 Å². The Labute approximate surface area is 148 Å². The van der Waals surface area contributed by atoms with Crippen LogP contribution in [0.5, 0.6) is 11.5 Å². The summed E-state index contributed by atoms with van der Waals surface area (Å²) in [4.78, 5) is 11.9. The summed E-state index contributed by atoms with van der Waals surface area (Å²) in [7, 11) is 1.55. The zero-order chi connectivity index (χ0) is 16.7. The Morgan fingerprint density at radius 2 is 2.00 bits per heavy atom. The number of carbonyl (C=O) groups excluding carboxylic acids is 1. The number of benzene rings is 2. The molecular weight excluding hydrogens is 328 g/mol. The van der Waals surface area contributed by atoms with Gasteiger partial charge in [-0.2, -0.15) is 0 Å². The number of hydrogen-bond donors (Lipinski definition) is 2. The molecule has 0 spiro atoms. The monoisotopic (exact) mass is 350 g/mol. The zero-order valence-electron chi connectivity index (χ0n) is 13.9. The van der Waals surface area contributed by atoms with Crippen LogP contribution in [0, 0.1) is 6.92 Å². The average molecular weight is 351 g/mol. The average Bonchev–Trinajstić information content (AvgIpc) is 2.52. The van der Waals surface area contributed by atoms with Crippen molar-refractivity contribution in [1.82, 2.24) is 0 Å². The van der Waals surface area contributed by atoms with Crippen molar-refractivity contribution < 1.29 is 14.3 Å². The summed E-state index contributed by atoms with van der Waals surface area (Å²) in [5, 5.41) is 2.81. The van der Waals surface area contributed by atoms with E-state index >= 15 is 0 Å². The first-order valence-corrected chi connectivity index (χ1v) is 7.51. The molecule has 6 heteroatoms. The smallest absolute Gasteiger partial charge is 0.224 e. The van der Waals surface area contributed by atoms with Crippen molar-refractivity contribution in [1.29, 1.82) is 0 Å². The van der Waals surface area contributed by atoms with Gasteiger partial charge in [0.2, 0.25) is 5.91 Å². The lowest BCUT2D eigenvalue weighted by atomic mass is 10.2. The Balaban J connectivity index is 0.00000288. The summed E-state index contributed by atoms with van der Waals surface area (Å²) in [6.07, 6.45) is 1.03. The van der Waals surface area contributed by atoms with E-state index in [1.807, 2.05) is 31.2 Å². The molecule has 2 aromatic carbocycles. The summed E-state index contributed by atoms with van der Waals surface area (Å²) in [5.41, 5.74) is 8.11. The summed E-state index contributed by atoms with van der Waals surface area (Å²) >= 11 is 0. The molecule has 0 aliphatic heterocycles. The third-order valence-corrected chi connectivity index (χ3v) is 3.32. The van der Waals surface area contributed by atoms with Gasteiger partial charge in [-0.05, 0) is 49.2 Å². The van der Waals surface area contributed by atoms with Gasteiger partial charge >= 0.3 is 0 Å². The molecule has 3 N–H and O–H groups in total. The van der Waals surface area contributed by atoms with Crippen LogP contribution in [0.2, 0.25) is 0 Å². The molecule has 0 saturated heterocycles. The minimum absolute atomic E-state index is 0. The molecule has 0 aromatic heterocycles. The predicted octanol–water partition coefficient (Wildman–Crippen LogP) is 3.81. The van der Waals surface area contributed by atoms with Crippen LogP contribution >= 0.6 is 12.4 Å². The number of ether oxygens (including phenoxy) is 2. The number of carbonyl (C=O) groups is 1. The van der Waals surface area contributed by atoms with Crippen molar-refractivity contribution in [2.45, 2.75) is 19.8 Å². The van der Waals surface area contributed by atoms with Crippen molar-refractivity contribution in [2.75, 3.05) is 24.8 Å². The molecule has 0 fully saturated rings. The molecule has 5 nitrogen and oxygen atoms in total. The topological polar surface area (TPSA) is 73.6 Å². The zero-order valence-corrected chi connectivity index (χ0v) is 14.7. The number of nitrogens with two attached hydrogens (primary N) is 1. The third kappa shape index (κ3) is 6.01. The second-order valence-corrected chi connectivity index (χ2v) is 5.27. The number of nitrogen functional groups attached to an aromatic ring is 1. The van der Waals surface area contributed by atoms with Crippen molar-refractivity contribution >= 4 is 29.7 Å². The lowest BCUT2D eigenvalue weighted by Gasteiger charge is -2.09. The summed E-state index contributed by atoms with van der Waals surface area (Å²) < 4.78 is 10.7. The van der Waals surface area contributed by atoms with Crippen molar-refractivity contribution in [3.05, 3.63) is 48.0 Å². The fourth-order valence-corrected chi connectivity index (χ4v) is 2.16. The molecule has 0 saturated carbocycles. The highest BCUT2D eigenvalue weighted by atomic mass is 35.5. The second-order valence-electron chi connectivity index (χ2n) is 5.27. The Morgan fingerprint density at radius 1 is 1.21 bits per heavy atom. The summed E-state index contributed by atoms with van der Waals surface area (Å²) in [6, 6.07) is 13.0. The second kappa shape index (κ2) is 9.67. The molecule has 1 amide bonds. The standard InChI is InChI=1S/C18H22N2O3.ClH/c1-13-5-3-6-15(11-13)23-10-4-7-18(21)20-14-8-9-17(22-2)16(19)12-14;/h3,5-6,8-9,11-12H,4,7,10,19H2,1-2H3,(H,20,21);1H. The molecule has 0 radical (unpaired) electrons. The van der Waals surface area contributed by atoms with Gasteiger partial charge in [0.15, 0.2) is 0 Å². The number of rotatable bonds is 7. The lowest BCUT2D eigenvalue weighted by Crippen LogP contribution is -2.13. The van der Waals surface area contributed by atoms with E-state index < -0.39 is 0 Å². The van der Waals surface area contributed by atoms with E-state index in [-0.39, 0.29) is 18.3 Å². The maximum absolute atomic E-state index is 11.9. The van der Waals surface area contributed by atoms with Gasteiger partial charge in [0.25, 0.3) is 0 Å². The van der Waals surface area contributed by atoms with E-state index in [0.29, 0.717) is 36.6 Å². The van der Waals surface area contributed by atoms with Crippen molar-refractivity contribution in [2.24, 2.45) is 0 Å². The van der Waals surface area contributed by atoms with Crippen LogP contribution in [0.15, 0.2) is 42.5 Å². The Morgan fingerprint density at radius 3 is 2.67 bits per heavy atom. The van der Waals surface area contributed by atoms with E-state index in [9.17, 15) is 4.79 Å². The molecule has 0 bridgehead atoms. The van der Waals surface area contributed by atoms with Crippen LogP contribution in [0.25, 0.3) is 0 Å². The van der Waals surface area contributed by atoms with Crippen LogP contribution in [-0.4, -0.2) is 19.6 Å². The normalized spacial score (nSPS) is 9.75. The van der Waals surface area contributed by atoms with E-state index in [1.54, 1.807) is 25.3 Å². The molecule has 2 rings (SSSR count). The van der Waals surface area contributed by atoms with E-state index in [0.717, 1.165) is 11.3 Å². The van der Waals surface area contributed by atoms with Crippen molar-refractivity contribution in [3.63, 3.8) is 0 Å². The van der Waals surface area contributed by atoms with Gasteiger partial charge in [-0.3, -0.25) is 4.79 Å². The fraction of sp³-hybridized carbons (Fsp3) is 0.278. The highest BCUT2D eigenvalue weighted by Gasteiger charge is 2.05. The van der Waals surface area contributed by atoms with Gasteiger partial charge in [-0.25, -0.2) is 0 Å². The largest absolute Gasteiger partial charge is 0.495 e. The molecule has 0 atom stereocenters. The first-order valence-electron chi connectivity index (χ1n) is 7.51. The van der Waals surface area contributed by atoms with Crippen molar-refractivity contribution in [3.8, 4) is 11.5 Å². The Kier molecular flexibility index (Phi) is 7.92. The minimum Gasteiger partial charge on any atom is -0.495 e. The SMILES string of the molecule is COc1ccc(NC(=O)CCCOc2cccc(C)c2)cc1N.Cl. The van der Waals surface area contributed by atoms with Gasteiger partial charge in [0.05, 0.1) is 19.4 Å². The quantitative estimate of drug-likeness (QED) is 0.588. The van der Waals surface area contributed by atoms with E-state index in [1.165, 1.54) is 0 Å². The number of halogens is 1. The highest BCUT2D eigenvalue weighted by molar-refractivity contribution is 5.91. The molecule has 0 unspecified atom stereocenters. The number of nitrogens with one attached hydrogen (secondary N) is 1. The molecule has 0 aliphatic rings. The molecule has 2 aromatic rings. The molecule has 130 valence electrons. The molecule has 0 aliphatic carbocycles. The van der Waals surface area contributed by atoms with Crippen LogP contribution in [-0.2, 0) is 4.79 Å². The first kappa shape index (κ1) is 19.6. The number of aryl methyl sites for hydroxylation is 1. The molecule has 0 heterocycles. The van der Waals surface area contributed by atoms with Crippen LogP contribution in [0.1, 0.15) is 18.4 Å². The fourth-order valence-electron chi connectivity index (χ4n) is 2.16. The molecule has 24 heavy (non-hydrogen) atoms.